The summed E-state index contributed by atoms with van der Waals surface area (Å²) in [6.45, 7) is -0.0230. The molecule has 88 valence electrons. The first-order chi connectivity index (χ1) is 7.63. The summed E-state index contributed by atoms with van der Waals surface area (Å²) in [6, 6.07) is 5.25. The Morgan fingerprint density at radius 3 is 2.44 bits per heavy atom. The van der Waals surface area contributed by atoms with Crippen LogP contribution in [-0.4, -0.2) is 33.7 Å². The van der Waals surface area contributed by atoms with E-state index in [9.17, 15) is 4.79 Å². The highest BCUT2D eigenvalue weighted by molar-refractivity contribution is 5.94. The summed E-state index contributed by atoms with van der Waals surface area (Å²) in [4.78, 5) is 12.9. The molecule has 0 bridgehead atoms. The fourth-order valence-electron chi connectivity index (χ4n) is 1.31. The van der Waals surface area contributed by atoms with Crippen molar-refractivity contribution in [2.75, 3.05) is 32.7 Å². The Kier molecular flexibility index (Phi) is 4.13. The normalized spacial score (nSPS) is 9.75. The van der Waals surface area contributed by atoms with E-state index in [2.05, 4.69) is 0 Å². The lowest BCUT2D eigenvalue weighted by Gasteiger charge is -2.18. The van der Waals surface area contributed by atoms with Gasteiger partial charge in [-0.2, -0.15) is 0 Å². The van der Waals surface area contributed by atoms with Crippen molar-refractivity contribution in [3.05, 3.63) is 18.2 Å². The fraction of sp³-hybridized carbons (Fsp3) is 0.364. The number of rotatable bonds is 4. The number of ether oxygens (including phenoxy) is 2. The van der Waals surface area contributed by atoms with Crippen molar-refractivity contribution >= 4 is 11.6 Å². The maximum absolute atomic E-state index is 11.4. The number of benzene rings is 1. The molecular weight excluding hydrogens is 208 g/mol. The van der Waals surface area contributed by atoms with Gasteiger partial charge in [0.2, 0.25) is 5.91 Å². The van der Waals surface area contributed by atoms with E-state index < -0.39 is 0 Å². The van der Waals surface area contributed by atoms with Gasteiger partial charge >= 0.3 is 0 Å². The monoisotopic (exact) mass is 224 g/mol. The number of hydrogen-bond acceptors (Lipinski definition) is 4. The Morgan fingerprint density at radius 1 is 1.31 bits per heavy atom. The highest BCUT2D eigenvalue weighted by Crippen LogP contribution is 2.30. The highest BCUT2D eigenvalue weighted by atomic mass is 16.5. The van der Waals surface area contributed by atoms with E-state index >= 15 is 0 Å². The van der Waals surface area contributed by atoms with E-state index in [4.69, 9.17) is 15.2 Å². The average molecular weight is 224 g/mol. The van der Waals surface area contributed by atoms with Gasteiger partial charge in [0.05, 0.1) is 20.8 Å². The third-order valence-electron chi connectivity index (χ3n) is 2.30. The van der Waals surface area contributed by atoms with Crippen LogP contribution in [0.15, 0.2) is 18.2 Å². The lowest BCUT2D eigenvalue weighted by molar-refractivity contribution is -0.117. The summed E-state index contributed by atoms with van der Waals surface area (Å²) in [5.74, 6) is 1.05. The zero-order chi connectivity index (χ0) is 12.1. The third-order valence-corrected chi connectivity index (χ3v) is 2.30. The van der Waals surface area contributed by atoms with Gasteiger partial charge in [0, 0.05) is 18.8 Å². The molecule has 1 amide bonds. The molecule has 0 aromatic heterocycles. The molecule has 5 nitrogen and oxygen atoms in total. The van der Waals surface area contributed by atoms with E-state index in [0.717, 1.165) is 0 Å². The lowest BCUT2D eigenvalue weighted by atomic mass is 10.2. The average Bonchev–Trinajstić information content (AvgIpc) is 2.35. The van der Waals surface area contributed by atoms with Crippen LogP contribution in [0.1, 0.15) is 0 Å². The number of carbonyl (C=O) groups excluding carboxylic acids is 1. The molecule has 0 aliphatic rings. The number of likely N-dealkylation sites (N-methyl/N-ethyl adjacent to an activating group) is 1. The molecule has 0 atom stereocenters. The Balaban J connectivity index is 3.03. The predicted molar refractivity (Wildman–Crippen MR) is 62.0 cm³/mol. The molecule has 1 aromatic carbocycles. The van der Waals surface area contributed by atoms with Crippen LogP contribution >= 0.6 is 0 Å². The molecule has 0 heterocycles. The van der Waals surface area contributed by atoms with Crippen LogP contribution in [0.4, 0.5) is 5.69 Å². The van der Waals surface area contributed by atoms with E-state index in [1.807, 2.05) is 0 Å². The van der Waals surface area contributed by atoms with Crippen molar-refractivity contribution in [3.8, 4) is 11.5 Å². The second-order valence-corrected chi connectivity index (χ2v) is 3.20. The van der Waals surface area contributed by atoms with Crippen LogP contribution in [0.25, 0.3) is 0 Å². The van der Waals surface area contributed by atoms with Crippen LogP contribution < -0.4 is 20.1 Å². The highest BCUT2D eigenvalue weighted by Gasteiger charge is 2.11. The van der Waals surface area contributed by atoms with Gasteiger partial charge < -0.3 is 20.1 Å². The molecule has 0 spiro atoms. The number of methoxy groups -OCH3 is 2. The summed E-state index contributed by atoms with van der Waals surface area (Å²) < 4.78 is 10.3. The number of carbonyl (C=O) groups is 1. The molecule has 16 heavy (non-hydrogen) atoms. The summed E-state index contributed by atoms with van der Waals surface area (Å²) in [7, 11) is 4.77. The summed E-state index contributed by atoms with van der Waals surface area (Å²) in [5.41, 5.74) is 6.01. The van der Waals surface area contributed by atoms with E-state index in [0.29, 0.717) is 17.2 Å². The summed E-state index contributed by atoms with van der Waals surface area (Å²) >= 11 is 0. The number of nitrogens with two attached hydrogens (primary N) is 1. The topological polar surface area (TPSA) is 64.8 Å². The molecule has 0 radical (unpaired) electrons. The molecule has 0 aliphatic carbocycles. The largest absolute Gasteiger partial charge is 0.493 e. The fourth-order valence-corrected chi connectivity index (χ4v) is 1.31. The molecule has 0 saturated heterocycles. The lowest BCUT2D eigenvalue weighted by Crippen LogP contribution is -2.32. The zero-order valence-electron chi connectivity index (χ0n) is 9.69. The second-order valence-electron chi connectivity index (χ2n) is 3.20. The van der Waals surface area contributed by atoms with Crippen LogP contribution in [0.5, 0.6) is 11.5 Å². The molecule has 0 aliphatic heterocycles. The quantitative estimate of drug-likeness (QED) is 0.814. The Morgan fingerprint density at radius 2 is 1.94 bits per heavy atom. The Hall–Kier alpha value is -1.75. The van der Waals surface area contributed by atoms with Crippen molar-refractivity contribution in [2.45, 2.75) is 0 Å². The van der Waals surface area contributed by atoms with Crippen molar-refractivity contribution in [1.82, 2.24) is 0 Å². The van der Waals surface area contributed by atoms with Crippen LogP contribution in [0.3, 0.4) is 0 Å². The van der Waals surface area contributed by atoms with Gasteiger partial charge in [-0.3, -0.25) is 4.79 Å². The van der Waals surface area contributed by atoms with Crippen LogP contribution in [0.2, 0.25) is 0 Å². The first kappa shape index (κ1) is 12.3. The Bertz CT molecular complexity index is 379. The minimum absolute atomic E-state index is 0.0230. The van der Waals surface area contributed by atoms with Crippen LogP contribution in [-0.2, 0) is 4.79 Å². The zero-order valence-corrected chi connectivity index (χ0v) is 9.69. The van der Waals surface area contributed by atoms with Gasteiger partial charge in [-0.1, -0.05) is 0 Å². The maximum atomic E-state index is 11.4. The first-order valence-electron chi connectivity index (χ1n) is 4.82. The van der Waals surface area contributed by atoms with E-state index in [1.54, 1.807) is 39.5 Å². The molecule has 0 fully saturated rings. The molecule has 2 N–H and O–H groups in total. The van der Waals surface area contributed by atoms with Gasteiger partial charge in [-0.15, -0.1) is 0 Å². The predicted octanol–water partition coefficient (Wildman–Crippen LogP) is 0.625. The summed E-state index contributed by atoms with van der Waals surface area (Å²) in [6.07, 6.45) is 0. The smallest absolute Gasteiger partial charge is 0.240 e. The van der Waals surface area contributed by atoms with Crippen molar-refractivity contribution in [1.29, 1.82) is 0 Å². The van der Waals surface area contributed by atoms with Crippen molar-refractivity contribution < 1.29 is 14.3 Å². The minimum atomic E-state index is -0.160. The SMILES string of the molecule is COc1ccc(N(C)C(=O)CN)cc1OC. The van der Waals surface area contributed by atoms with Gasteiger partial charge in [0.1, 0.15) is 0 Å². The van der Waals surface area contributed by atoms with Crippen LogP contribution in [0, 0.1) is 0 Å². The number of anilines is 1. The molecule has 1 aromatic rings. The molecule has 0 unspecified atom stereocenters. The Labute approximate surface area is 94.7 Å². The van der Waals surface area contributed by atoms with Crippen molar-refractivity contribution in [3.63, 3.8) is 0 Å². The van der Waals surface area contributed by atoms with E-state index in [1.165, 1.54) is 4.90 Å². The number of nitrogens with zero attached hydrogens (tertiary/aromatic N) is 1. The first-order valence-corrected chi connectivity index (χ1v) is 4.82. The molecule has 5 heteroatoms. The maximum Gasteiger partial charge on any atom is 0.240 e. The van der Waals surface area contributed by atoms with Gasteiger partial charge in [-0.05, 0) is 12.1 Å². The summed E-state index contributed by atoms with van der Waals surface area (Å²) in [5, 5.41) is 0. The second kappa shape index (κ2) is 5.37. The standard InChI is InChI=1S/C11H16N2O3/c1-13(11(14)7-12)8-4-5-9(15-2)10(6-8)16-3/h4-6H,7,12H2,1-3H3. The number of amides is 1. The van der Waals surface area contributed by atoms with E-state index in [-0.39, 0.29) is 12.5 Å². The van der Waals surface area contributed by atoms with Gasteiger partial charge in [-0.25, -0.2) is 0 Å². The molecular formula is C11H16N2O3. The molecule has 1 rings (SSSR count). The minimum Gasteiger partial charge on any atom is -0.493 e. The number of hydrogen-bond donors (Lipinski definition) is 1. The van der Waals surface area contributed by atoms with Gasteiger partial charge in [0.25, 0.3) is 0 Å². The van der Waals surface area contributed by atoms with Crippen molar-refractivity contribution in [2.24, 2.45) is 5.73 Å². The third kappa shape index (κ3) is 2.43. The van der Waals surface area contributed by atoms with Gasteiger partial charge in [0.15, 0.2) is 11.5 Å². The molecule has 0 saturated carbocycles.